The molecule has 2 amide bonds. The summed E-state index contributed by atoms with van der Waals surface area (Å²) >= 11 is 16.0. The average molecular weight is 746 g/mol. The van der Waals surface area contributed by atoms with Crippen LogP contribution in [0.4, 0.5) is 5.69 Å². The van der Waals surface area contributed by atoms with E-state index in [2.05, 4.69) is 21.2 Å². The van der Waals surface area contributed by atoms with Crippen molar-refractivity contribution in [3.05, 3.63) is 128 Å². The number of carbonyl (C=O) groups excluding carboxylic acids is 2. The van der Waals surface area contributed by atoms with Crippen LogP contribution in [0.15, 0.2) is 106 Å². The monoisotopic (exact) mass is 743 g/mol. The van der Waals surface area contributed by atoms with Gasteiger partial charge >= 0.3 is 0 Å². The van der Waals surface area contributed by atoms with Crippen LogP contribution in [0, 0.1) is 6.92 Å². The molecule has 11 heteroatoms. The van der Waals surface area contributed by atoms with Gasteiger partial charge < -0.3 is 10.2 Å². The van der Waals surface area contributed by atoms with E-state index >= 15 is 0 Å². The smallest absolute Gasteiger partial charge is 0.264 e. The van der Waals surface area contributed by atoms with Gasteiger partial charge in [0.2, 0.25) is 11.8 Å². The van der Waals surface area contributed by atoms with E-state index < -0.39 is 28.5 Å². The number of hydrogen-bond donors (Lipinski definition) is 1. The molecule has 4 aromatic rings. The van der Waals surface area contributed by atoms with Gasteiger partial charge in [-0.05, 0) is 66.9 Å². The number of halogens is 3. The summed E-state index contributed by atoms with van der Waals surface area (Å²) in [5.41, 5.74) is 2.68. The Bertz CT molecular complexity index is 1760. The first-order valence-corrected chi connectivity index (χ1v) is 17.9. The second kappa shape index (κ2) is 16.5. The van der Waals surface area contributed by atoms with Crippen molar-refractivity contribution in [1.82, 2.24) is 10.2 Å². The molecule has 1 atom stereocenters. The number of sulfonamides is 1. The zero-order chi connectivity index (χ0) is 33.3. The predicted octanol–water partition coefficient (Wildman–Crippen LogP) is 7.82. The van der Waals surface area contributed by atoms with Gasteiger partial charge in [-0.2, -0.15) is 0 Å². The Morgan fingerprint density at radius 3 is 2.24 bits per heavy atom. The minimum absolute atomic E-state index is 0.00861. The highest BCUT2D eigenvalue weighted by Crippen LogP contribution is 2.28. The summed E-state index contributed by atoms with van der Waals surface area (Å²) in [6, 6.07) is 26.7. The number of carbonyl (C=O) groups is 2. The van der Waals surface area contributed by atoms with Gasteiger partial charge in [0.05, 0.1) is 20.6 Å². The van der Waals surface area contributed by atoms with E-state index in [1.54, 1.807) is 54.6 Å². The molecule has 46 heavy (non-hydrogen) atoms. The SMILES string of the molecule is CCCCNC(=O)C(Cc1ccccc1)N(Cc1ccc(Cl)c(Cl)c1)C(=O)CN(c1cccc(Br)c1)S(=O)(=O)c1ccc(C)cc1. The Morgan fingerprint density at radius 1 is 0.870 bits per heavy atom. The van der Waals surface area contributed by atoms with Crippen LogP contribution >= 0.6 is 39.1 Å². The fraction of sp³-hybridized carbons (Fsp3) is 0.257. The van der Waals surface area contributed by atoms with Crippen molar-refractivity contribution in [3.8, 4) is 0 Å². The number of benzene rings is 4. The first-order valence-electron chi connectivity index (χ1n) is 14.9. The molecule has 0 bridgehead atoms. The molecule has 0 heterocycles. The number of aryl methyl sites for hydroxylation is 1. The van der Waals surface area contributed by atoms with Crippen LogP contribution in [0.5, 0.6) is 0 Å². The van der Waals surface area contributed by atoms with Crippen LogP contribution in [-0.2, 0) is 32.6 Å². The summed E-state index contributed by atoms with van der Waals surface area (Å²) < 4.78 is 30.0. The minimum Gasteiger partial charge on any atom is -0.354 e. The van der Waals surface area contributed by atoms with Crippen molar-refractivity contribution >= 4 is 66.7 Å². The van der Waals surface area contributed by atoms with Crippen LogP contribution in [0.3, 0.4) is 0 Å². The molecule has 0 aliphatic carbocycles. The molecule has 0 fully saturated rings. The average Bonchev–Trinajstić information content (AvgIpc) is 3.03. The molecule has 0 saturated carbocycles. The molecular formula is C35H36BrCl2N3O4S. The maximum Gasteiger partial charge on any atom is 0.264 e. The standard InChI is InChI=1S/C35H36BrCl2N3O4S/c1-3-4-19-39-35(43)33(21-26-9-6-5-7-10-26)40(23-27-15-18-31(37)32(38)20-27)34(42)24-41(29-12-8-11-28(36)22-29)46(44,45)30-16-13-25(2)14-17-30/h5-18,20,22,33H,3-4,19,21,23-24H2,1-2H3,(H,39,43). The third-order valence-corrected chi connectivity index (χ3v) is 10.4. The van der Waals surface area contributed by atoms with Crippen molar-refractivity contribution < 1.29 is 18.0 Å². The lowest BCUT2D eigenvalue weighted by atomic mass is 10.0. The number of nitrogens with zero attached hydrogens (tertiary/aromatic N) is 2. The molecule has 1 unspecified atom stereocenters. The first kappa shape index (κ1) is 35.5. The van der Waals surface area contributed by atoms with Gasteiger partial charge in [0.1, 0.15) is 12.6 Å². The van der Waals surface area contributed by atoms with Crippen molar-refractivity contribution in [1.29, 1.82) is 0 Å². The maximum atomic E-state index is 14.5. The largest absolute Gasteiger partial charge is 0.354 e. The zero-order valence-corrected chi connectivity index (χ0v) is 29.5. The Kier molecular flexibility index (Phi) is 12.7. The first-order chi connectivity index (χ1) is 22.0. The Labute approximate surface area is 289 Å². The van der Waals surface area contributed by atoms with E-state index in [0.29, 0.717) is 32.3 Å². The number of amides is 2. The lowest BCUT2D eigenvalue weighted by Gasteiger charge is -2.34. The quantitative estimate of drug-likeness (QED) is 0.134. The highest BCUT2D eigenvalue weighted by molar-refractivity contribution is 9.10. The summed E-state index contributed by atoms with van der Waals surface area (Å²) in [6.45, 7) is 3.78. The van der Waals surface area contributed by atoms with E-state index in [9.17, 15) is 18.0 Å². The lowest BCUT2D eigenvalue weighted by Crippen LogP contribution is -2.53. The summed E-state index contributed by atoms with van der Waals surface area (Å²) in [5, 5.41) is 3.64. The third-order valence-electron chi connectivity index (χ3n) is 7.42. The second-order valence-electron chi connectivity index (χ2n) is 10.9. The summed E-state index contributed by atoms with van der Waals surface area (Å²) in [4.78, 5) is 29.9. The molecule has 0 radical (unpaired) electrons. The summed E-state index contributed by atoms with van der Waals surface area (Å²) in [7, 11) is -4.20. The Hall–Kier alpha value is -3.37. The molecule has 0 aliphatic heterocycles. The van der Waals surface area contributed by atoms with Gasteiger partial charge in [-0.25, -0.2) is 8.42 Å². The van der Waals surface area contributed by atoms with E-state index in [0.717, 1.165) is 28.3 Å². The molecule has 242 valence electrons. The molecule has 4 aromatic carbocycles. The van der Waals surface area contributed by atoms with Crippen LogP contribution in [0.1, 0.15) is 36.5 Å². The Morgan fingerprint density at radius 2 is 1.59 bits per heavy atom. The highest BCUT2D eigenvalue weighted by Gasteiger charge is 2.34. The van der Waals surface area contributed by atoms with Gasteiger partial charge in [-0.1, -0.05) is 113 Å². The van der Waals surface area contributed by atoms with Crippen LogP contribution in [0.25, 0.3) is 0 Å². The number of hydrogen-bond acceptors (Lipinski definition) is 4. The maximum absolute atomic E-state index is 14.5. The number of unbranched alkanes of at least 4 members (excludes halogenated alkanes) is 1. The predicted molar refractivity (Wildman–Crippen MR) is 189 cm³/mol. The molecule has 7 nitrogen and oxygen atoms in total. The molecule has 0 aromatic heterocycles. The van der Waals surface area contributed by atoms with Gasteiger partial charge in [0, 0.05) is 24.0 Å². The molecule has 0 aliphatic rings. The van der Waals surface area contributed by atoms with Gasteiger partial charge in [0.25, 0.3) is 10.0 Å². The van der Waals surface area contributed by atoms with Gasteiger partial charge in [-0.3, -0.25) is 13.9 Å². The normalized spacial score (nSPS) is 11.9. The van der Waals surface area contributed by atoms with Gasteiger partial charge in [0.15, 0.2) is 0 Å². The fourth-order valence-corrected chi connectivity index (χ4v) is 7.01. The minimum atomic E-state index is -4.20. The number of nitrogens with one attached hydrogen (secondary N) is 1. The summed E-state index contributed by atoms with van der Waals surface area (Å²) in [5.74, 6) is -0.894. The van der Waals surface area contributed by atoms with Crippen molar-refractivity contribution in [3.63, 3.8) is 0 Å². The topological polar surface area (TPSA) is 86.8 Å². The van der Waals surface area contributed by atoms with E-state index in [4.69, 9.17) is 23.2 Å². The highest BCUT2D eigenvalue weighted by atomic mass is 79.9. The van der Waals surface area contributed by atoms with Gasteiger partial charge in [-0.15, -0.1) is 0 Å². The van der Waals surface area contributed by atoms with Crippen LogP contribution < -0.4 is 9.62 Å². The van der Waals surface area contributed by atoms with E-state index in [1.165, 1.54) is 17.0 Å². The summed E-state index contributed by atoms with van der Waals surface area (Å²) in [6.07, 6.45) is 1.87. The van der Waals surface area contributed by atoms with Crippen molar-refractivity contribution in [2.45, 2.75) is 50.6 Å². The fourth-order valence-electron chi connectivity index (χ4n) is 4.89. The molecule has 4 rings (SSSR count). The molecule has 0 saturated heterocycles. The van der Waals surface area contributed by atoms with E-state index in [-0.39, 0.29) is 23.8 Å². The second-order valence-corrected chi connectivity index (χ2v) is 14.5. The lowest BCUT2D eigenvalue weighted by molar-refractivity contribution is -0.140. The van der Waals surface area contributed by atoms with Crippen molar-refractivity contribution in [2.75, 3.05) is 17.4 Å². The molecular weight excluding hydrogens is 709 g/mol. The number of anilines is 1. The van der Waals surface area contributed by atoms with Crippen LogP contribution in [0.2, 0.25) is 10.0 Å². The third kappa shape index (κ3) is 9.35. The van der Waals surface area contributed by atoms with Crippen LogP contribution in [-0.4, -0.2) is 44.3 Å². The van der Waals surface area contributed by atoms with E-state index in [1.807, 2.05) is 44.2 Å². The zero-order valence-electron chi connectivity index (χ0n) is 25.6. The molecule has 0 spiro atoms. The van der Waals surface area contributed by atoms with Crippen molar-refractivity contribution in [2.24, 2.45) is 0 Å². The Balaban J connectivity index is 1.80. The molecule has 1 N–H and O–H groups in total. The number of rotatable bonds is 14.